The van der Waals surface area contributed by atoms with Crippen molar-refractivity contribution < 1.29 is 16.5 Å². The second kappa shape index (κ2) is 77.1. The molecular weight excluding hydrogens is 1190 g/mol. The van der Waals surface area contributed by atoms with E-state index in [2.05, 4.69) is 105 Å². The molecule has 95 heavy (non-hydrogen) atoms. The standard InChI is InChI=1S/C92H160N2.Ni/c1-4-7-10-13-16-19-22-25-28-31-34-37-40-41-42-45-48-51-54-57-60-63-66-69-72-75-78-92(94-91-85-81-89(82-86-91)77-74-71-68-65-62-59-56-53-50-47-44-39-36-33-30-27-24-21-18-15-12-9-6-3)87-93-90-83-79-88(80-84-90)76-73-70-67-64-61-58-55-52-49-46-43-38-35-32-29-26-23-20-17-14-11-8-5-2;/h73-74,76-77,79-87H,4-72H2,1-3H3;. The van der Waals surface area contributed by atoms with Gasteiger partial charge in [-0.25, -0.2) is 4.99 Å². The van der Waals surface area contributed by atoms with E-state index in [4.69, 9.17) is 9.98 Å². The molecular formula is C92H160N2Ni. The van der Waals surface area contributed by atoms with Crippen LogP contribution in [0.3, 0.4) is 0 Å². The van der Waals surface area contributed by atoms with Gasteiger partial charge in [0.25, 0.3) is 0 Å². The summed E-state index contributed by atoms with van der Waals surface area (Å²) in [6, 6.07) is 17.3. The van der Waals surface area contributed by atoms with Crippen LogP contribution in [0.2, 0.25) is 0 Å². The molecule has 2 rings (SSSR count). The SMILES string of the molecule is CCCCCCCCCCCCCCCCCCCCCCCC=Cc1ccc(N=CC(C#CCCCCCCCCCCCCCCCCCCCCCCCCCC)=Nc2ccc(C=CCCCCCCCCCCCCCCCCCCCCCCC)cc2)cc1.[Ni]. The fourth-order valence-electron chi connectivity index (χ4n) is 13.9. The number of aliphatic imine (C=N–C) groups is 2. The summed E-state index contributed by atoms with van der Waals surface area (Å²) in [6.07, 6.45) is 109. The van der Waals surface area contributed by atoms with Crippen molar-refractivity contribution in [3.8, 4) is 11.8 Å². The molecule has 2 aromatic rings. The van der Waals surface area contributed by atoms with Gasteiger partial charge in [0.1, 0.15) is 5.71 Å². The number of allylic oxidation sites excluding steroid dienone is 2. The molecule has 3 heteroatoms. The van der Waals surface area contributed by atoms with Gasteiger partial charge in [-0.1, -0.05) is 480 Å². The molecule has 0 heterocycles. The minimum Gasteiger partial charge on any atom is -0.254 e. The summed E-state index contributed by atoms with van der Waals surface area (Å²) in [5.41, 5.74) is 5.09. The molecule has 0 aliphatic heterocycles. The summed E-state index contributed by atoms with van der Waals surface area (Å²) in [7, 11) is 0. The summed E-state index contributed by atoms with van der Waals surface area (Å²) in [6.45, 7) is 6.93. The third kappa shape index (κ3) is 66.9. The van der Waals surface area contributed by atoms with E-state index in [1.54, 1.807) is 0 Å². The van der Waals surface area contributed by atoms with Crippen LogP contribution >= 0.6 is 0 Å². The molecule has 0 saturated heterocycles. The summed E-state index contributed by atoms with van der Waals surface area (Å²) in [5.74, 6) is 6.92. The number of hydrogen-bond acceptors (Lipinski definition) is 2. The first-order valence-corrected chi connectivity index (χ1v) is 42.9. The van der Waals surface area contributed by atoms with Gasteiger partial charge in [-0.05, 0) is 73.4 Å². The van der Waals surface area contributed by atoms with Crippen LogP contribution in [0, 0.1) is 11.8 Å². The summed E-state index contributed by atoms with van der Waals surface area (Å²) in [4.78, 5) is 9.93. The van der Waals surface area contributed by atoms with Gasteiger partial charge in [0.2, 0.25) is 0 Å². The van der Waals surface area contributed by atoms with E-state index in [9.17, 15) is 0 Å². The van der Waals surface area contributed by atoms with Crippen molar-refractivity contribution in [2.24, 2.45) is 9.98 Å². The van der Waals surface area contributed by atoms with Crippen molar-refractivity contribution in [3.63, 3.8) is 0 Å². The van der Waals surface area contributed by atoms with E-state index in [0.717, 1.165) is 42.8 Å². The molecule has 0 aliphatic rings. The first-order chi connectivity index (χ1) is 46.7. The summed E-state index contributed by atoms with van der Waals surface area (Å²) in [5, 5.41) is 0. The van der Waals surface area contributed by atoms with Crippen molar-refractivity contribution in [1.82, 2.24) is 0 Å². The maximum absolute atomic E-state index is 5.04. The van der Waals surface area contributed by atoms with Crippen molar-refractivity contribution >= 4 is 35.5 Å². The van der Waals surface area contributed by atoms with Gasteiger partial charge in [0.05, 0.1) is 17.6 Å². The quantitative estimate of drug-likeness (QED) is 0.0273. The van der Waals surface area contributed by atoms with Gasteiger partial charge in [0.15, 0.2) is 0 Å². The molecule has 0 amide bonds. The molecule has 548 valence electrons. The van der Waals surface area contributed by atoms with Gasteiger partial charge >= 0.3 is 0 Å². The summed E-state index contributed by atoms with van der Waals surface area (Å²) >= 11 is 0. The number of nitrogens with zero attached hydrogens (tertiary/aromatic N) is 2. The van der Waals surface area contributed by atoms with E-state index < -0.39 is 0 Å². The predicted molar refractivity (Wildman–Crippen MR) is 430 cm³/mol. The van der Waals surface area contributed by atoms with Crippen LogP contribution < -0.4 is 0 Å². The Morgan fingerprint density at radius 2 is 0.474 bits per heavy atom. The second-order valence-corrected chi connectivity index (χ2v) is 29.6. The van der Waals surface area contributed by atoms with Crippen molar-refractivity contribution in [2.45, 2.75) is 464 Å². The van der Waals surface area contributed by atoms with Crippen LogP contribution in [0.4, 0.5) is 11.4 Å². The topological polar surface area (TPSA) is 24.7 Å². The van der Waals surface area contributed by atoms with Crippen LogP contribution in [0.25, 0.3) is 12.2 Å². The normalized spacial score (nSPS) is 11.9. The molecule has 2 aromatic carbocycles. The molecule has 0 radical (unpaired) electrons. The predicted octanol–water partition coefficient (Wildman–Crippen LogP) is 33.2. The number of benzene rings is 2. The zero-order chi connectivity index (χ0) is 66.7. The molecule has 0 atom stereocenters. The van der Waals surface area contributed by atoms with Crippen LogP contribution in [0.1, 0.15) is 475 Å². The second-order valence-electron chi connectivity index (χ2n) is 29.6. The number of rotatable bonds is 73. The minimum atomic E-state index is 0. The number of unbranched alkanes of at least 4 members (excludes halogenated alkanes) is 66. The number of hydrogen-bond donors (Lipinski definition) is 0. The summed E-state index contributed by atoms with van der Waals surface area (Å²) < 4.78 is 0. The Morgan fingerprint density at radius 1 is 0.263 bits per heavy atom. The van der Waals surface area contributed by atoms with E-state index >= 15 is 0 Å². The molecule has 0 bridgehead atoms. The first kappa shape index (κ1) is 90.3. The fraction of sp³-hybridized carbons (Fsp3) is 0.783. The molecule has 0 aromatic heterocycles. The molecule has 0 unspecified atom stereocenters. The minimum absolute atomic E-state index is 0. The zero-order valence-corrected chi connectivity index (χ0v) is 65.0. The van der Waals surface area contributed by atoms with Gasteiger partial charge in [-0.3, -0.25) is 4.99 Å². The monoisotopic (exact) mass is 1350 g/mol. The molecule has 0 spiro atoms. The third-order valence-electron chi connectivity index (χ3n) is 20.3. The molecule has 0 saturated carbocycles. The fourth-order valence-corrected chi connectivity index (χ4v) is 13.9. The zero-order valence-electron chi connectivity index (χ0n) is 64.0. The molecule has 0 aliphatic carbocycles. The third-order valence-corrected chi connectivity index (χ3v) is 20.3. The van der Waals surface area contributed by atoms with E-state index in [0.29, 0.717) is 0 Å². The van der Waals surface area contributed by atoms with Gasteiger partial charge < -0.3 is 0 Å². The molecule has 2 nitrogen and oxygen atoms in total. The van der Waals surface area contributed by atoms with Crippen molar-refractivity contribution in [1.29, 1.82) is 0 Å². The first-order valence-electron chi connectivity index (χ1n) is 42.9. The maximum Gasteiger partial charge on any atom is 0.132 e. The Hall–Kier alpha value is -2.69. The van der Waals surface area contributed by atoms with E-state index in [-0.39, 0.29) is 16.5 Å². The van der Waals surface area contributed by atoms with Crippen LogP contribution in [0.5, 0.6) is 0 Å². The van der Waals surface area contributed by atoms with Crippen LogP contribution in [-0.4, -0.2) is 11.9 Å². The van der Waals surface area contributed by atoms with Gasteiger partial charge in [0, 0.05) is 22.9 Å². The maximum atomic E-state index is 5.04. The largest absolute Gasteiger partial charge is 0.254 e. The van der Waals surface area contributed by atoms with Gasteiger partial charge in [-0.2, -0.15) is 0 Å². The molecule has 0 N–H and O–H groups in total. The van der Waals surface area contributed by atoms with Crippen LogP contribution in [0.15, 0.2) is 70.7 Å². The average molecular weight is 1350 g/mol. The Balaban J connectivity index is 0.0000451. The van der Waals surface area contributed by atoms with Crippen molar-refractivity contribution in [2.75, 3.05) is 0 Å². The van der Waals surface area contributed by atoms with Crippen LogP contribution in [-0.2, 0) is 16.5 Å². The Labute approximate surface area is 605 Å². The Morgan fingerprint density at radius 3 is 0.716 bits per heavy atom. The average Bonchev–Trinajstić information content (AvgIpc) is 1.27. The smallest absolute Gasteiger partial charge is 0.132 e. The van der Waals surface area contributed by atoms with Gasteiger partial charge in [-0.15, -0.1) is 0 Å². The van der Waals surface area contributed by atoms with E-state index in [1.807, 2.05) is 6.21 Å². The van der Waals surface area contributed by atoms with Crippen molar-refractivity contribution in [3.05, 3.63) is 71.8 Å². The van der Waals surface area contributed by atoms with E-state index in [1.165, 1.54) is 428 Å². The molecule has 0 fully saturated rings. The Bertz CT molecular complexity index is 2000. The Kier molecular flexibility index (Phi) is 73.3.